The molecule has 2 aromatic carbocycles. The second-order valence-corrected chi connectivity index (χ2v) is 5.21. The maximum atomic E-state index is 14.6. The predicted molar refractivity (Wildman–Crippen MR) is 92.9 cm³/mol. The average Bonchev–Trinajstić information content (AvgIpc) is 2.66. The summed E-state index contributed by atoms with van der Waals surface area (Å²) < 4.78 is 30.2. The van der Waals surface area contributed by atoms with Gasteiger partial charge in [0.2, 0.25) is 11.5 Å². The van der Waals surface area contributed by atoms with Crippen molar-refractivity contribution >= 4 is 16.7 Å². The Hall–Kier alpha value is -3.09. The summed E-state index contributed by atoms with van der Waals surface area (Å²) in [4.78, 5) is 8.85. The first-order chi connectivity index (χ1) is 12.2. The first-order valence-electron chi connectivity index (χ1n) is 7.61. The standard InChI is InChI=1S/C18H18FN3O3/c1-23-15-8-14(16(19)18(25-3)17(15)24-2)21-10-11-9-20-12-6-4-5-7-13(12)22-11/h4-9,21H,10H2,1-3H3. The van der Waals surface area contributed by atoms with E-state index in [1.54, 1.807) is 6.20 Å². The zero-order valence-corrected chi connectivity index (χ0v) is 14.2. The Kier molecular flexibility index (Phi) is 4.83. The van der Waals surface area contributed by atoms with Gasteiger partial charge in [-0.2, -0.15) is 0 Å². The summed E-state index contributed by atoms with van der Waals surface area (Å²) in [7, 11) is 4.28. The monoisotopic (exact) mass is 343 g/mol. The second kappa shape index (κ2) is 7.21. The summed E-state index contributed by atoms with van der Waals surface area (Å²) in [6, 6.07) is 9.09. The third-order valence-electron chi connectivity index (χ3n) is 3.73. The lowest BCUT2D eigenvalue weighted by Crippen LogP contribution is -2.06. The molecule has 0 aliphatic rings. The van der Waals surface area contributed by atoms with Crippen LogP contribution in [0, 0.1) is 5.82 Å². The Labute approximate surface area is 144 Å². The molecule has 0 aliphatic carbocycles. The molecule has 3 rings (SSSR count). The van der Waals surface area contributed by atoms with E-state index in [-0.39, 0.29) is 17.2 Å². The van der Waals surface area contributed by atoms with Gasteiger partial charge in [0.15, 0.2) is 11.6 Å². The second-order valence-electron chi connectivity index (χ2n) is 5.21. The van der Waals surface area contributed by atoms with Gasteiger partial charge in [-0.3, -0.25) is 4.98 Å². The lowest BCUT2D eigenvalue weighted by molar-refractivity contribution is 0.313. The molecule has 0 saturated heterocycles. The van der Waals surface area contributed by atoms with E-state index in [9.17, 15) is 4.39 Å². The van der Waals surface area contributed by atoms with Crippen LogP contribution in [0.4, 0.5) is 10.1 Å². The summed E-state index contributed by atoms with van der Waals surface area (Å²) in [5.74, 6) is -0.00534. The van der Waals surface area contributed by atoms with Gasteiger partial charge in [0.25, 0.3) is 0 Å². The maximum Gasteiger partial charge on any atom is 0.206 e. The first kappa shape index (κ1) is 16.8. The first-order valence-corrected chi connectivity index (χ1v) is 7.61. The number of aromatic nitrogens is 2. The molecule has 0 unspecified atom stereocenters. The molecule has 6 nitrogen and oxygen atoms in total. The van der Waals surface area contributed by atoms with Gasteiger partial charge in [-0.25, -0.2) is 9.37 Å². The maximum absolute atomic E-state index is 14.6. The van der Waals surface area contributed by atoms with Gasteiger partial charge in [-0.1, -0.05) is 12.1 Å². The molecule has 1 N–H and O–H groups in total. The minimum absolute atomic E-state index is 0.0195. The smallest absolute Gasteiger partial charge is 0.206 e. The fraction of sp³-hybridized carbons (Fsp3) is 0.222. The molecule has 0 atom stereocenters. The molecular weight excluding hydrogens is 325 g/mol. The van der Waals surface area contributed by atoms with Crippen molar-refractivity contribution in [2.75, 3.05) is 26.6 Å². The van der Waals surface area contributed by atoms with Crippen LogP contribution in [0.1, 0.15) is 5.69 Å². The Morgan fingerprint density at radius 1 is 1.00 bits per heavy atom. The molecule has 0 saturated carbocycles. The van der Waals surface area contributed by atoms with Crippen molar-refractivity contribution in [3.63, 3.8) is 0 Å². The van der Waals surface area contributed by atoms with Crippen molar-refractivity contribution in [2.45, 2.75) is 6.54 Å². The van der Waals surface area contributed by atoms with Crippen molar-refractivity contribution in [3.8, 4) is 17.2 Å². The number of nitrogens with one attached hydrogen (secondary N) is 1. The number of nitrogens with zero attached hydrogens (tertiary/aromatic N) is 2. The molecule has 0 spiro atoms. The van der Waals surface area contributed by atoms with E-state index in [4.69, 9.17) is 14.2 Å². The van der Waals surface area contributed by atoms with Gasteiger partial charge >= 0.3 is 0 Å². The highest BCUT2D eigenvalue weighted by molar-refractivity contribution is 5.73. The lowest BCUT2D eigenvalue weighted by atomic mass is 10.2. The molecule has 0 fully saturated rings. The summed E-state index contributed by atoms with van der Waals surface area (Å²) in [5.41, 5.74) is 2.51. The Morgan fingerprint density at radius 2 is 1.72 bits per heavy atom. The Balaban J connectivity index is 1.89. The number of para-hydroxylation sites is 2. The lowest BCUT2D eigenvalue weighted by Gasteiger charge is -2.16. The van der Waals surface area contributed by atoms with Crippen LogP contribution >= 0.6 is 0 Å². The third-order valence-corrected chi connectivity index (χ3v) is 3.73. The topological polar surface area (TPSA) is 65.5 Å². The molecule has 0 radical (unpaired) electrons. The Bertz CT molecular complexity index is 902. The fourth-order valence-corrected chi connectivity index (χ4v) is 2.52. The SMILES string of the molecule is COc1cc(NCc2cnc3ccccc3n2)c(F)c(OC)c1OC. The number of rotatable bonds is 6. The van der Waals surface area contributed by atoms with E-state index >= 15 is 0 Å². The van der Waals surface area contributed by atoms with E-state index in [2.05, 4.69) is 15.3 Å². The van der Waals surface area contributed by atoms with Crippen molar-refractivity contribution in [3.05, 3.63) is 48.0 Å². The molecule has 1 aromatic heterocycles. The number of anilines is 1. The van der Waals surface area contributed by atoms with Crippen molar-refractivity contribution in [1.29, 1.82) is 0 Å². The van der Waals surface area contributed by atoms with E-state index in [0.717, 1.165) is 11.0 Å². The highest BCUT2D eigenvalue weighted by atomic mass is 19.1. The van der Waals surface area contributed by atoms with Crippen molar-refractivity contribution in [2.24, 2.45) is 0 Å². The number of hydrogen-bond acceptors (Lipinski definition) is 6. The van der Waals surface area contributed by atoms with E-state index in [0.29, 0.717) is 18.0 Å². The molecule has 130 valence electrons. The highest BCUT2D eigenvalue weighted by Gasteiger charge is 2.20. The minimum Gasteiger partial charge on any atom is -0.493 e. The number of halogens is 1. The van der Waals surface area contributed by atoms with Gasteiger partial charge < -0.3 is 19.5 Å². The van der Waals surface area contributed by atoms with Gasteiger partial charge in [-0.05, 0) is 12.1 Å². The average molecular weight is 343 g/mol. The normalized spacial score (nSPS) is 10.6. The van der Waals surface area contributed by atoms with E-state index in [1.807, 2.05) is 24.3 Å². The van der Waals surface area contributed by atoms with E-state index < -0.39 is 5.82 Å². The van der Waals surface area contributed by atoms with Crippen LogP contribution in [-0.4, -0.2) is 31.3 Å². The van der Waals surface area contributed by atoms with Crippen LogP contribution in [0.15, 0.2) is 36.5 Å². The van der Waals surface area contributed by atoms with Crippen molar-refractivity contribution < 1.29 is 18.6 Å². The number of ether oxygens (including phenoxy) is 3. The van der Waals surface area contributed by atoms with Crippen LogP contribution in [0.25, 0.3) is 11.0 Å². The minimum atomic E-state index is -0.561. The summed E-state index contributed by atoms with van der Waals surface area (Å²) in [5, 5.41) is 3.00. The number of benzene rings is 2. The quantitative estimate of drug-likeness (QED) is 0.740. The zero-order valence-electron chi connectivity index (χ0n) is 14.2. The van der Waals surface area contributed by atoms with Gasteiger partial charge in [-0.15, -0.1) is 0 Å². The summed E-state index contributed by atoms with van der Waals surface area (Å²) >= 11 is 0. The Morgan fingerprint density at radius 3 is 2.40 bits per heavy atom. The third kappa shape index (κ3) is 3.26. The van der Waals surface area contributed by atoms with Gasteiger partial charge in [0.1, 0.15) is 0 Å². The molecule has 0 bridgehead atoms. The van der Waals surface area contributed by atoms with Gasteiger partial charge in [0.05, 0.1) is 56.5 Å². The molecule has 3 aromatic rings. The fourth-order valence-electron chi connectivity index (χ4n) is 2.52. The van der Waals surface area contributed by atoms with Crippen LogP contribution in [-0.2, 0) is 6.54 Å². The van der Waals surface area contributed by atoms with Crippen molar-refractivity contribution in [1.82, 2.24) is 9.97 Å². The molecule has 1 heterocycles. The van der Waals surface area contributed by atoms with Crippen LogP contribution in [0.2, 0.25) is 0 Å². The van der Waals surface area contributed by atoms with Gasteiger partial charge in [0, 0.05) is 6.07 Å². The summed E-state index contributed by atoms with van der Waals surface area (Å²) in [6.45, 7) is 0.299. The number of hydrogen-bond donors (Lipinski definition) is 1. The summed E-state index contributed by atoms with van der Waals surface area (Å²) in [6.07, 6.45) is 1.66. The molecule has 25 heavy (non-hydrogen) atoms. The van der Waals surface area contributed by atoms with E-state index in [1.165, 1.54) is 27.4 Å². The van der Waals surface area contributed by atoms with Crippen LogP contribution in [0.3, 0.4) is 0 Å². The molecule has 0 amide bonds. The largest absolute Gasteiger partial charge is 0.493 e. The molecule has 7 heteroatoms. The number of fused-ring (bicyclic) bond motifs is 1. The van der Waals surface area contributed by atoms with Crippen LogP contribution < -0.4 is 19.5 Å². The predicted octanol–water partition coefficient (Wildman–Crippen LogP) is 3.41. The zero-order chi connectivity index (χ0) is 17.8. The highest BCUT2D eigenvalue weighted by Crippen LogP contribution is 2.42. The number of methoxy groups -OCH3 is 3. The molecule has 0 aliphatic heterocycles. The van der Waals surface area contributed by atoms with Crippen LogP contribution in [0.5, 0.6) is 17.2 Å². The molecular formula is C18H18FN3O3.